The number of nitrogens with zero attached hydrogens (tertiary/aromatic N) is 2. The van der Waals surface area contributed by atoms with Gasteiger partial charge in [0.05, 0.1) is 25.9 Å². The maximum absolute atomic E-state index is 12.7. The average molecular weight is 554 g/mol. The highest BCUT2D eigenvalue weighted by Gasteiger charge is 2.20. The van der Waals surface area contributed by atoms with E-state index >= 15 is 0 Å². The van der Waals surface area contributed by atoms with Crippen molar-refractivity contribution in [2.75, 3.05) is 44.0 Å². The third-order valence-corrected chi connectivity index (χ3v) is 5.80. The predicted molar refractivity (Wildman–Crippen MR) is 157 cm³/mol. The molecule has 0 bridgehead atoms. The van der Waals surface area contributed by atoms with Crippen molar-refractivity contribution in [3.8, 4) is 11.8 Å². The minimum absolute atomic E-state index is 0.00713. The fourth-order valence-corrected chi connectivity index (χ4v) is 4.01. The molecule has 0 aliphatic carbocycles. The standard InChI is InChI=1S/C30H43N5O5/c1-21(2)18-35(14-8-13-31)19-27(20-39-22(3)4)40-30(37)32-17-24-9-7-10-25(15-24)33-29(36)34-26-12-11-23(5)28(16-26)38-6/h7,9-12,15-16,21-22,27H,8,14,17-20H2,1-6H3,(H,32,37)(H2,33,34,36). The highest BCUT2D eigenvalue weighted by Crippen LogP contribution is 2.22. The van der Waals surface area contributed by atoms with Gasteiger partial charge in [-0.3, -0.25) is 4.90 Å². The van der Waals surface area contributed by atoms with Crippen molar-refractivity contribution >= 4 is 23.5 Å². The van der Waals surface area contributed by atoms with Crippen LogP contribution in [-0.2, 0) is 16.0 Å². The average Bonchev–Trinajstić information content (AvgIpc) is 2.90. The zero-order valence-electron chi connectivity index (χ0n) is 24.5. The summed E-state index contributed by atoms with van der Waals surface area (Å²) in [5, 5.41) is 17.4. The molecule has 0 heterocycles. The maximum Gasteiger partial charge on any atom is 0.407 e. The van der Waals surface area contributed by atoms with Crippen molar-refractivity contribution in [2.24, 2.45) is 5.92 Å². The predicted octanol–water partition coefficient (Wildman–Crippen LogP) is 5.54. The van der Waals surface area contributed by atoms with Gasteiger partial charge >= 0.3 is 12.1 Å². The molecule has 10 heteroatoms. The summed E-state index contributed by atoms with van der Waals surface area (Å²) in [6, 6.07) is 14.4. The maximum atomic E-state index is 12.7. The number of aryl methyl sites for hydroxylation is 1. The first kappa shape index (κ1) is 32.4. The van der Waals surface area contributed by atoms with Gasteiger partial charge in [0.15, 0.2) is 0 Å². The molecule has 10 nitrogen and oxygen atoms in total. The van der Waals surface area contributed by atoms with Crippen LogP contribution in [0.4, 0.5) is 21.0 Å². The largest absolute Gasteiger partial charge is 0.496 e. The van der Waals surface area contributed by atoms with Gasteiger partial charge in [0.1, 0.15) is 11.9 Å². The number of nitriles is 1. The van der Waals surface area contributed by atoms with Crippen LogP contribution < -0.4 is 20.7 Å². The van der Waals surface area contributed by atoms with Gasteiger partial charge in [-0.2, -0.15) is 5.26 Å². The Hall–Kier alpha value is -3.81. The number of methoxy groups -OCH3 is 1. The second kappa shape index (κ2) is 17.0. The quantitative estimate of drug-likeness (QED) is 0.264. The molecule has 0 fully saturated rings. The van der Waals surface area contributed by atoms with Gasteiger partial charge in [-0.15, -0.1) is 0 Å². The van der Waals surface area contributed by atoms with Crippen LogP contribution in [0.1, 0.15) is 45.2 Å². The van der Waals surface area contributed by atoms with E-state index in [4.69, 9.17) is 19.5 Å². The van der Waals surface area contributed by atoms with E-state index in [2.05, 4.69) is 40.8 Å². The zero-order chi connectivity index (χ0) is 29.5. The molecule has 0 radical (unpaired) electrons. The van der Waals surface area contributed by atoms with E-state index in [1.54, 1.807) is 37.4 Å². The van der Waals surface area contributed by atoms with Crippen LogP contribution >= 0.6 is 0 Å². The van der Waals surface area contributed by atoms with Crippen molar-refractivity contribution < 1.29 is 23.8 Å². The minimum Gasteiger partial charge on any atom is -0.496 e. The Morgan fingerprint density at radius 1 is 1.02 bits per heavy atom. The molecule has 1 atom stereocenters. The van der Waals surface area contributed by atoms with Crippen molar-refractivity contribution in [1.82, 2.24) is 10.2 Å². The van der Waals surface area contributed by atoms with Gasteiger partial charge in [-0.05, 0) is 56.0 Å². The Kier molecular flexibility index (Phi) is 13.8. The van der Waals surface area contributed by atoms with Crippen LogP contribution in [0.15, 0.2) is 42.5 Å². The van der Waals surface area contributed by atoms with Gasteiger partial charge in [-0.1, -0.05) is 32.0 Å². The van der Waals surface area contributed by atoms with Crippen molar-refractivity contribution in [3.05, 3.63) is 53.6 Å². The van der Waals surface area contributed by atoms with Gasteiger partial charge in [0, 0.05) is 50.0 Å². The molecule has 3 N–H and O–H groups in total. The molecule has 0 spiro atoms. The summed E-state index contributed by atoms with van der Waals surface area (Å²) < 4.78 is 16.8. The van der Waals surface area contributed by atoms with Crippen LogP contribution in [0.25, 0.3) is 0 Å². The summed E-state index contributed by atoms with van der Waals surface area (Å²) in [7, 11) is 1.58. The molecule has 0 aromatic heterocycles. The third kappa shape index (κ3) is 12.4. The van der Waals surface area contributed by atoms with E-state index in [1.165, 1.54) is 0 Å². The van der Waals surface area contributed by atoms with Gasteiger partial charge in [0.25, 0.3) is 0 Å². The number of urea groups is 1. The Morgan fingerprint density at radius 2 is 1.75 bits per heavy atom. The molecule has 2 rings (SSSR count). The summed E-state index contributed by atoms with van der Waals surface area (Å²) in [6.07, 6.45) is -0.658. The minimum atomic E-state index is -0.563. The van der Waals surface area contributed by atoms with Crippen LogP contribution in [0, 0.1) is 24.2 Å². The van der Waals surface area contributed by atoms with E-state index in [0.717, 1.165) is 17.7 Å². The molecule has 2 aromatic carbocycles. The fraction of sp³-hybridized carbons (Fsp3) is 0.500. The highest BCUT2D eigenvalue weighted by atomic mass is 16.6. The zero-order valence-corrected chi connectivity index (χ0v) is 24.5. The lowest BCUT2D eigenvalue weighted by molar-refractivity contribution is -0.0189. The van der Waals surface area contributed by atoms with Crippen LogP contribution in [0.2, 0.25) is 0 Å². The van der Waals surface area contributed by atoms with E-state index in [9.17, 15) is 9.59 Å². The third-order valence-electron chi connectivity index (χ3n) is 5.80. The summed E-state index contributed by atoms with van der Waals surface area (Å²) in [4.78, 5) is 27.3. The van der Waals surface area contributed by atoms with Gasteiger partial charge in [0.2, 0.25) is 0 Å². The molecule has 218 valence electrons. The number of alkyl carbamates (subject to hydrolysis) is 1. The summed E-state index contributed by atoms with van der Waals surface area (Å²) in [5.74, 6) is 1.09. The molecule has 0 saturated carbocycles. The van der Waals surface area contributed by atoms with Gasteiger partial charge < -0.3 is 30.2 Å². The van der Waals surface area contributed by atoms with Gasteiger partial charge in [-0.25, -0.2) is 9.59 Å². The number of nitrogens with one attached hydrogen (secondary N) is 3. The summed E-state index contributed by atoms with van der Waals surface area (Å²) in [5.41, 5.74) is 2.94. The molecular formula is C30H43N5O5. The molecule has 2 aromatic rings. The lowest BCUT2D eigenvalue weighted by atomic mass is 10.2. The molecule has 3 amide bonds. The number of carbonyl (C=O) groups is 2. The van der Waals surface area contributed by atoms with Crippen molar-refractivity contribution in [1.29, 1.82) is 5.26 Å². The van der Waals surface area contributed by atoms with E-state index in [1.807, 2.05) is 32.9 Å². The molecule has 0 aliphatic rings. The second-order valence-electron chi connectivity index (χ2n) is 10.3. The van der Waals surface area contributed by atoms with E-state index in [0.29, 0.717) is 42.6 Å². The first-order chi connectivity index (χ1) is 19.1. The molecule has 1 unspecified atom stereocenters. The number of benzene rings is 2. The van der Waals surface area contributed by atoms with Crippen LogP contribution in [0.3, 0.4) is 0 Å². The first-order valence-electron chi connectivity index (χ1n) is 13.6. The monoisotopic (exact) mass is 553 g/mol. The van der Waals surface area contributed by atoms with Crippen LogP contribution in [0.5, 0.6) is 5.75 Å². The smallest absolute Gasteiger partial charge is 0.407 e. The summed E-state index contributed by atoms with van der Waals surface area (Å²) in [6.45, 7) is 12.3. The van der Waals surface area contributed by atoms with E-state index in [-0.39, 0.29) is 19.3 Å². The second-order valence-corrected chi connectivity index (χ2v) is 10.3. The number of ether oxygens (including phenoxy) is 3. The topological polar surface area (TPSA) is 125 Å². The number of hydrogen-bond acceptors (Lipinski definition) is 7. The summed E-state index contributed by atoms with van der Waals surface area (Å²) >= 11 is 0. The lowest BCUT2D eigenvalue weighted by Crippen LogP contribution is -2.42. The lowest BCUT2D eigenvalue weighted by Gasteiger charge is -2.28. The van der Waals surface area contributed by atoms with E-state index < -0.39 is 18.2 Å². The van der Waals surface area contributed by atoms with Crippen molar-refractivity contribution in [2.45, 2.75) is 59.8 Å². The highest BCUT2D eigenvalue weighted by molar-refractivity contribution is 5.99. The number of hydrogen-bond donors (Lipinski definition) is 3. The molecule has 40 heavy (non-hydrogen) atoms. The Balaban J connectivity index is 1.94. The first-order valence-corrected chi connectivity index (χ1v) is 13.6. The number of rotatable bonds is 15. The number of carbonyl (C=O) groups excluding carboxylic acids is 2. The fourth-order valence-electron chi connectivity index (χ4n) is 4.01. The van der Waals surface area contributed by atoms with Crippen LogP contribution in [-0.4, -0.2) is 62.6 Å². The SMILES string of the molecule is COc1cc(NC(=O)Nc2cccc(CNC(=O)OC(COC(C)C)CN(CCC#N)CC(C)C)c2)ccc1C. The number of amides is 3. The Labute approximate surface area is 238 Å². The van der Waals surface area contributed by atoms with Crippen molar-refractivity contribution in [3.63, 3.8) is 0 Å². The Morgan fingerprint density at radius 3 is 2.40 bits per heavy atom. The number of anilines is 2. The molecule has 0 saturated heterocycles. The molecular weight excluding hydrogens is 510 g/mol. The normalized spacial score (nSPS) is 11.7. The molecule has 0 aliphatic heterocycles. The Bertz CT molecular complexity index is 1130.